The summed E-state index contributed by atoms with van der Waals surface area (Å²) in [6, 6.07) is 3.72. The highest BCUT2D eigenvalue weighted by atomic mass is 35.5. The smallest absolute Gasteiger partial charge is 0.246 e. The Balaban J connectivity index is 3.02. The predicted octanol–water partition coefficient (Wildman–Crippen LogP) is 4.02. The van der Waals surface area contributed by atoms with E-state index in [9.17, 15) is 4.79 Å². The lowest BCUT2D eigenvalue weighted by molar-refractivity contribution is -0.127. The molecule has 0 aliphatic carbocycles. The number of hydrogen-bond acceptors (Lipinski definition) is 3. The molecular formula is C17H24ClNO3. The number of methoxy groups -OCH3 is 1. The van der Waals surface area contributed by atoms with Gasteiger partial charge in [-0.15, -0.1) is 0 Å². The van der Waals surface area contributed by atoms with Crippen LogP contribution >= 0.6 is 11.6 Å². The number of benzene rings is 1. The van der Waals surface area contributed by atoms with Crippen molar-refractivity contribution in [2.75, 3.05) is 20.3 Å². The minimum Gasteiger partial charge on any atom is -0.491 e. The molecule has 0 aliphatic heterocycles. The van der Waals surface area contributed by atoms with Gasteiger partial charge in [-0.2, -0.15) is 0 Å². The van der Waals surface area contributed by atoms with Crippen LogP contribution in [0.1, 0.15) is 33.3 Å². The summed E-state index contributed by atoms with van der Waals surface area (Å²) in [5, 5.41) is 0.455. The number of ether oxygens (including phenoxy) is 2. The third-order valence-electron chi connectivity index (χ3n) is 3.20. The van der Waals surface area contributed by atoms with Gasteiger partial charge < -0.3 is 14.4 Å². The summed E-state index contributed by atoms with van der Waals surface area (Å²) in [5.41, 5.74) is 0.794. The maximum absolute atomic E-state index is 12.2. The SMILES string of the molecule is CCOc1cc(C=CC(=O)N(CC)C(C)C)cc(Cl)c1OC. The average Bonchev–Trinajstić information content (AvgIpc) is 2.45. The molecule has 0 unspecified atom stereocenters. The van der Waals surface area contributed by atoms with Crippen LogP contribution in [0.5, 0.6) is 11.5 Å². The van der Waals surface area contributed by atoms with Gasteiger partial charge >= 0.3 is 0 Å². The van der Waals surface area contributed by atoms with Crippen LogP contribution in [0.2, 0.25) is 5.02 Å². The first kappa shape index (κ1) is 18.4. The molecular weight excluding hydrogens is 302 g/mol. The first-order valence-corrected chi connectivity index (χ1v) is 7.81. The van der Waals surface area contributed by atoms with Crippen molar-refractivity contribution in [3.8, 4) is 11.5 Å². The molecule has 0 aliphatic rings. The topological polar surface area (TPSA) is 38.8 Å². The highest BCUT2D eigenvalue weighted by Gasteiger charge is 2.13. The van der Waals surface area contributed by atoms with Crippen molar-refractivity contribution in [3.05, 3.63) is 28.8 Å². The standard InChI is InChI=1S/C17H24ClNO3/c1-6-19(12(3)4)16(20)9-8-13-10-14(18)17(21-5)15(11-13)22-7-2/h8-12H,6-7H2,1-5H3. The van der Waals surface area contributed by atoms with Crippen LogP contribution in [0.3, 0.4) is 0 Å². The van der Waals surface area contributed by atoms with E-state index in [4.69, 9.17) is 21.1 Å². The molecule has 122 valence electrons. The van der Waals surface area contributed by atoms with Crippen molar-refractivity contribution in [2.45, 2.75) is 33.7 Å². The third kappa shape index (κ3) is 4.67. The van der Waals surface area contributed by atoms with Gasteiger partial charge in [-0.25, -0.2) is 0 Å². The molecule has 0 atom stereocenters. The summed E-state index contributed by atoms with van der Waals surface area (Å²) >= 11 is 6.19. The molecule has 5 heteroatoms. The van der Waals surface area contributed by atoms with Crippen LogP contribution in [-0.4, -0.2) is 37.1 Å². The predicted molar refractivity (Wildman–Crippen MR) is 90.7 cm³/mol. The lowest BCUT2D eigenvalue weighted by atomic mass is 10.1. The lowest BCUT2D eigenvalue weighted by Crippen LogP contribution is -2.35. The van der Waals surface area contributed by atoms with Gasteiger partial charge in [0.25, 0.3) is 0 Å². The van der Waals surface area contributed by atoms with Crippen LogP contribution in [0.25, 0.3) is 6.08 Å². The molecule has 0 saturated heterocycles. The molecule has 0 radical (unpaired) electrons. The van der Waals surface area contributed by atoms with Crippen LogP contribution in [0, 0.1) is 0 Å². The van der Waals surface area contributed by atoms with Gasteiger partial charge in [0.1, 0.15) is 0 Å². The fourth-order valence-electron chi connectivity index (χ4n) is 2.18. The molecule has 0 aromatic heterocycles. The molecule has 1 rings (SSSR count). The normalized spacial score (nSPS) is 11.0. The Labute approximate surface area is 137 Å². The second kappa shape index (κ2) is 8.69. The van der Waals surface area contributed by atoms with E-state index in [0.717, 1.165) is 5.56 Å². The summed E-state index contributed by atoms with van der Waals surface area (Å²) in [6.45, 7) is 9.02. The summed E-state index contributed by atoms with van der Waals surface area (Å²) in [7, 11) is 1.55. The van der Waals surface area contributed by atoms with E-state index >= 15 is 0 Å². The Kier molecular flexibility index (Phi) is 7.25. The summed E-state index contributed by atoms with van der Waals surface area (Å²) in [4.78, 5) is 13.9. The van der Waals surface area contributed by atoms with Gasteiger partial charge in [-0.3, -0.25) is 4.79 Å². The minimum atomic E-state index is -0.0256. The molecule has 0 fully saturated rings. The number of carbonyl (C=O) groups excluding carboxylic acids is 1. The molecule has 0 heterocycles. The van der Waals surface area contributed by atoms with Crippen molar-refractivity contribution in [1.29, 1.82) is 0 Å². The zero-order valence-electron chi connectivity index (χ0n) is 13.9. The van der Waals surface area contributed by atoms with Crippen molar-refractivity contribution in [2.24, 2.45) is 0 Å². The highest BCUT2D eigenvalue weighted by molar-refractivity contribution is 6.32. The summed E-state index contributed by atoms with van der Waals surface area (Å²) in [5.74, 6) is 1.05. The number of amides is 1. The first-order chi connectivity index (χ1) is 10.4. The van der Waals surface area contributed by atoms with Gasteiger partial charge in [0.15, 0.2) is 11.5 Å². The summed E-state index contributed by atoms with van der Waals surface area (Å²) < 4.78 is 10.8. The van der Waals surface area contributed by atoms with Gasteiger partial charge in [-0.05, 0) is 51.5 Å². The lowest BCUT2D eigenvalue weighted by Gasteiger charge is -2.23. The largest absolute Gasteiger partial charge is 0.491 e. The second-order valence-corrected chi connectivity index (χ2v) is 5.43. The number of rotatable bonds is 7. The Morgan fingerprint density at radius 1 is 1.36 bits per heavy atom. The van der Waals surface area contributed by atoms with Crippen LogP contribution in [-0.2, 0) is 4.79 Å². The van der Waals surface area contributed by atoms with Crippen LogP contribution in [0.15, 0.2) is 18.2 Å². The number of carbonyl (C=O) groups is 1. The summed E-state index contributed by atoms with van der Waals surface area (Å²) in [6.07, 6.45) is 3.29. The maximum Gasteiger partial charge on any atom is 0.246 e. The molecule has 0 saturated carbocycles. The molecule has 0 bridgehead atoms. The number of halogens is 1. The third-order valence-corrected chi connectivity index (χ3v) is 3.48. The number of nitrogens with zero attached hydrogens (tertiary/aromatic N) is 1. The molecule has 22 heavy (non-hydrogen) atoms. The van der Waals surface area contributed by atoms with E-state index in [0.29, 0.717) is 29.7 Å². The van der Waals surface area contributed by atoms with Crippen molar-refractivity contribution < 1.29 is 14.3 Å². The molecule has 0 N–H and O–H groups in total. The Morgan fingerprint density at radius 2 is 2.05 bits per heavy atom. The van der Waals surface area contributed by atoms with E-state index in [1.54, 1.807) is 30.2 Å². The van der Waals surface area contributed by atoms with Crippen molar-refractivity contribution in [3.63, 3.8) is 0 Å². The molecule has 1 amide bonds. The van der Waals surface area contributed by atoms with Gasteiger partial charge in [0.05, 0.1) is 18.7 Å². The number of hydrogen-bond donors (Lipinski definition) is 0. The maximum atomic E-state index is 12.2. The van der Waals surface area contributed by atoms with Crippen LogP contribution < -0.4 is 9.47 Å². The molecule has 0 spiro atoms. The van der Waals surface area contributed by atoms with E-state index in [2.05, 4.69) is 0 Å². The quantitative estimate of drug-likeness (QED) is 0.711. The monoisotopic (exact) mass is 325 g/mol. The zero-order valence-corrected chi connectivity index (χ0v) is 14.6. The highest BCUT2D eigenvalue weighted by Crippen LogP contribution is 2.36. The van der Waals surface area contributed by atoms with Gasteiger partial charge in [-0.1, -0.05) is 11.6 Å². The van der Waals surface area contributed by atoms with E-state index in [1.807, 2.05) is 33.8 Å². The number of likely N-dealkylation sites (N-methyl/N-ethyl adjacent to an activating group) is 1. The van der Waals surface area contributed by atoms with E-state index in [-0.39, 0.29) is 11.9 Å². The fourth-order valence-corrected chi connectivity index (χ4v) is 2.48. The minimum absolute atomic E-state index is 0.0256. The van der Waals surface area contributed by atoms with Crippen LogP contribution in [0.4, 0.5) is 0 Å². The van der Waals surface area contributed by atoms with Gasteiger partial charge in [0.2, 0.25) is 5.91 Å². The first-order valence-electron chi connectivity index (χ1n) is 7.43. The zero-order chi connectivity index (χ0) is 16.7. The Hall–Kier alpha value is -1.68. The molecule has 1 aromatic rings. The Bertz CT molecular complexity index is 541. The Morgan fingerprint density at radius 3 is 2.55 bits per heavy atom. The second-order valence-electron chi connectivity index (χ2n) is 5.02. The fraction of sp³-hybridized carbons (Fsp3) is 0.471. The van der Waals surface area contributed by atoms with E-state index < -0.39 is 0 Å². The van der Waals surface area contributed by atoms with Crippen molar-refractivity contribution >= 4 is 23.6 Å². The van der Waals surface area contributed by atoms with Crippen molar-refractivity contribution in [1.82, 2.24) is 4.90 Å². The molecule has 1 aromatic carbocycles. The van der Waals surface area contributed by atoms with E-state index in [1.165, 1.54) is 0 Å². The van der Waals surface area contributed by atoms with Gasteiger partial charge in [0, 0.05) is 18.7 Å². The average molecular weight is 326 g/mol. The molecule has 4 nitrogen and oxygen atoms in total.